The van der Waals surface area contributed by atoms with Crippen LogP contribution in [-0.4, -0.2) is 102 Å². The van der Waals surface area contributed by atoms with Gasteiger partial charge in [-0.15, -0.1) is 0 Å². The van der Waals surface area contributed by atoms with Crippen LogP contribution >= 0.6 is 11.6 Å². The van der Waals surface area contributed by atoms with Crippen molar-refractivity contribution in [1.82, 2.24) is 14.5 Å². The second-order valence-electron chi connectivity index (χ2n) is 15.6. The average Bonchev–Trinajstić information content (AvgIpc) is 3.26. The van der Waals surface area contributed by atoms with Gasteiger partial charge in [0.05, 0.1) is 15.4 Å². The maximum absolute atomic E-state index is 13.9. The standard InChI is InChI=1S/C46H51ClN6O8S/c1-50(2)24-27-60-38-7-5-8-39(29-38)61-45-28-37(52-22-20-51(21-23-52)32-35-6-3-4-9-41(35)34-10-12-36(47)13-11-34)14-16-42(45)46(54)49-62(57,58)40-15-17-43(44(30-40)53(55)56)48-31-33-18-25-59-26-19-33/h3-17,28-30,33,48H,18-27,31-32H2,1-2H3,(H,49,54). The molecule has 2 aliphatic rings. The summed E-state index contributed by atoms with van der Waals surface area (Å²) in [4.78, 5) is 31.6. The lowest BCUT2D eigenvalue weighted by molar-refractivity contribution is -0.384. The Balaban J connectivity index is 1.09. The van der Waals surface area contributed by atoms with Gasteiger partial charge in [0.15, 0.2) is 0 Å². The molecule has 0 spiro atoms. The fourth-order valence-corrected chi connectivity index (χ4v) is 8.59. The lowest BCUT2D eigenvalue weighted by atomic mass is 9.99. The van der Waals surface area contributed by atoms with Crippen LogP contribution in [0.4, 0.5) is 17.1 Å². The SMILES string of the molecule is CN(C)CCOc1cccc(Oc2cc(N3CCN(Cc4ccccc4-c4ccc(Cl)cc4)CC3)ccc2C(=O)NS(=O)(=O)c2ccc(NCC3CCOCC3)c([N+](=O)[O-])c2)c1. The van der Waals surface area contributed by atoms with Crippen LogP contribution < -0.4 is 24.4 Å². The molecule has 7 rings (SSSR count). The molecule has 1 amide bonds. The van der Waals surface area contributed by atoms with Crippen LogP contribution in [-0.2, 0) is 21.3 Å². The maximum Gasteiger partial charge on any atom is 0.293 e. The molecule has 0 radical (unpaired) electrons. The van der Waals surface area contributed by atoms with Gasteiger partial charge in [-0.3, -0.25) is 19.8 Å². The number of nitro benzene ring substituents is 1. The number of likely N-dealkylation sites (N-methyl/N-ethyl adjacent to an activating group) is 1. The Labute approximate surface area is 367 Å². The van der Waals surface area contributed by atoms with E-state index in [0.29, 0.717) is 62.5 Å². The summed E-state index contributed by atoms with van der Waals surface area (Å²) in [7, 11) is -0.661. The molecule has 2 heterocycles. The number of nitrogens with zero attached hydrogens (tertiary/aromatic N) is 4. The summed E-state index contributed by atoms with van der Waals surface area (Å²) in [5.41, 5.74) is 3.99. The Kier molecular flexibility index (Phi) is 14.6. The summed E-state index contributed by atoms with van der Waals surface area (Å²) in [6.45, 7) is 6.56. The Morgan fingerprint density at radius 1 is 0.903 bits per heavy atom. The molecule has 5 aromatic rings. The minimum absolute atomic E-state index is 0.0436. The average molecular weight is 883 g/mol. The summed E-state index contributed by atoms with van der Waals surface area (Å²) in [5, 5.41) is 15.9. The number of nitro groups is 1. The molecule has 5 aromatic carbocycles. The van der Waals surface area contributed by atoms with Gasteiger partial charge in [-0.2, -0.15) is 0 Å². The van der Waals surface area contributed by atoms with E-state index in [1.807, 2.05) is 55.4 Å². The number of carbonyl (C=O) groups excluding carboxylic acids is 1. The topological polar surface area (TPSA) is 156 Å². The number of sulfonamides is 1. The zero-order chi connectivity index (χ0) is 43.6. The van der Waals surface area contributed by atoms with E-state index in [9.17, 15) is 23.3 Å². The molecule has 14 nitrogen and oxygen atoms in total. The van der Waals surface area contributed by atoms with Gasteiger partial charge in [-0.25, -0.2) is 13.1 Å². The molecule has 62 heavy (non-hydrogen) atoms. The fourth-order valence-electron chi connectivity index (χ4n) is 7.47. The molecule has 2 fully saturated rings. The number of halogens is 1. The van der Waals surface area contributed by atoms with Crippen molar-refractivity contribution in [3.8, 4) is 28.4 Å². The van der Waals surface area contributed by atoms with Gasteiger partial charge in [-0.05, 0) is 98.1 Å². The van der Waals surface area contributed by atoms with Crippen molar-refractivity contribution in [3.63, 3.8) is 0 Å². The minimum atomic E-state index is -4.56. The van der Waals surface area contributed by atoms with E-state index < -0.39 is 31.4 Å². The number of benzene rings is 5. The van der Waals surface area contributed by atoms with Gasteiger partial charge in [0.25, 0.3) is 21.6 Å². The highest BCUT2D eigenvalue weighted by Gasteiger charge is 2.27. The Hall–Kier alpha value is -5.71. The van der Waals surface area contributed by atoms with Crippen molar-refractivity contribution in [1.29, 1.82) is 0 Å². The predicted molar refractivity (Wildman–Crippen MR) is 241 cm³/mol. The van der Waals surface area contributed by atoms with Crippen LogP contribution in [0.25, 0.3) is 11.1 Å². The number of anilines is 2. The molecule has 0 aromatic heterocycles. The number of nitrogens with one attached hydrogen (secondary N) is 2. The molecule has 326 valence electrons. The van der Waals surface area contributed by atoms with Crippen molar-refractivity contribution in [2.24, 2.45) is 5.92 Å². The monoisotopic (exact) mass is 882 g/mol. The highest BCUT2D eigenvalue weighted by molar-refractivity contribution is 7.90. The van der Waals surface area contributed by atoms with Crippen molar-refractivity contribution < 1.29 is 32.3 Å². The molecule has 0 atom stereocenters. The molecule has 16 heteroatoms. The van der Waals surface area contributed by atoms with Crippen LogP contribution in [0.1, 0.15) is 28.8 Å². The lowest BCUT2D eigenvalue weighted by Gasteiger charge is -2.36. The smallest absolute Gasteiger partial charge is 0.293 e. The van der Waals surface area contributed by atoms with Gasteiger partial charge in [0.2, 0.25) is 0 Å². The summed E-state index contributed by atoms with van der Waals surface area (Å²) < 4.78 is 47.2. The third-order valence-electron chi connectivity index (χ3n) is 11.0. The second-order valence-corrected chi connectivity index (χ2v) is 17.8. The molecule has 0 saturated carbocycles. The van der Waals surface area contributed by atoms with E-state index >= 15 is 0 Å². The maximum atomic E-state index is 13.9. The molecule has 2 N–H and O–H groups in total. The Morgan fingerprint density at radius 2 is 1.65 bits per heavy atom. The van der Waals surface area contributed by atoms with E-state index in [0.717, 1.165) is 55.4 Å². The number of amides is 1. The summed E-state index contributed by atoms with van der Waals surface area (Å²) >= 11 is 6.16. The van der Waals surface area contributed by atoms with Crippen LogP contribution in [0.3, 0.4) is 0 Å². The molecular weight excluding hydrogens is 832 g/mol. The van der Waals surface area contributed by atoms with Gasteiger partial charge < -0.3 is 29.3 Å². The van der Waals surface area contributed by atoms with Crippen LogP contribution in [0.15, 0.2) is 114 Å². The minimum Gasteiger partial charge on any atom is -0.492 e. The van der Waals surface area contributed by atoms with Crippen molar-refractivity contribution >= 4 is 44.6 Å². The number of piperazine rings is 1. The predicted octanol–water partition coefficient (Wildman–Crippen LogP) is 7.93. The highest BCUT2D eigenvalue weighted by atomic mass is 35.5. The molecule has 2 saturated heterocycles. The van der Waals surface area contributed by atoms with E-state index in [1.165, 1.54) is 23.8 Å². The van der Waals surface area contributed by atoms with E-state index in [2.05, 4.69) is 32.0 Å². The summed E-state index contributed by atoms with van der Waals surface area (Å²) in [5.74, 6) is 0.378. The number of hydrogen-bond acceptors (Lipinski definition) is 12. The van der Waals surface area contributed by atoms with Crippen LogP contribution in [0.2, 0.25) is 5.02 Å². The van der Waals surface area contributed by atoms with Crippen molar-refractivity contribution in [2.45, 2.75) is 24.3 Å². The first-order valence-corrected chi connectivity index (χ1v) is 22.5. The van der Waals surface area contributed by atoms with Gasteiger partial charge in [0.1, 0.15) is 29.5 Å². The Morgan fingerprint density at radius 3 is 2.39 bits per heavy atom. The van der Waals surface area contributed by atoms with Gasteiger partial charge in [0, 0.05) is 87.9 Å². The Bertz CT molecular complexity index is 2460. The molecule has 0 bridgehead atoms. The molecular formula is C46H51ClN6O8S. The first kappa shape index (κ1) is 44.3. The van der Waals surface area contributed by atoms with E-state index in [-0.39, 0.29) is 22.9 Å². The third kappa shape index (κ3) is 11.6. The molecule has 2 aliphatic heterocycles. The van der Waals surface area contributed by atoms with E-state index in [4.69, 9.17) is 25.8 Å². The van der Waals surface area contributed by atoms with Crippen molar-refractivity contribution in [3.05, 3.63) is 135 Å². The van der Waals surface area contributed by atoms with Crippen LogP contribution in [0, 0.1) is 16.0 Å². The second kappa shape index (κ2) is 20.4. The van der Waals surface area contributed by atoms with Crippen LogP contribution in [0.5, 0.6) is 17.2 Å². The summed E-state index contributed by atoms with van der Waals surface area (Å²) in [6, 6.07) is 31.8. The normalized spacial score (nSPS) is 15.0. The quantitative estimate of drug-likeness (QED) is 0.0689. The first-order valence-electron chi connectivity index (χ1n) is 20.6. The lowest BCUT2D eigenvalue weighted by Crippen LogP contribution is -2.46. The largest absolute Gasteiger partial charge is 0.492 e. The third-order valence-corrected chi connectivity index (χ3v) is 12.6. The zero-order valence-electron chi connectivity index (χ0n) is 34.8. The van der Waals surface area contributed by atoms with Gasteiger partial charge in [-0.1, -0.05) is 54.1 Å². The number of ether oxygens (including phenoxy) is 3. The fraction of sp³-hybridized carbons (Fsp3) is 0.326. The van der Waals surface area contributed by atoms with E-state index in [1.54, 1.807) is 36.4 Å². The first-order chi connectivity index (χ1) is 29.9. The zero-order valence-corrected chi connectivity index (χ0v) is 36.4. The van der Waals surface area contributed by atoms with Gasteiger partial charge >= 0.3 is 0 Å². The van der Waals surface area contributed by atoms with Crippen molar-refractivity contribution in [2.75, 3.05) is 83.4 Å². The molecule has 0 aliphatic carbocycles. The number of rotatable bonds is 17. The molecule has 0 unspecified atom stereocenters. The highest BCUT2D eigenvalue weighted by Crippen LogP contribution is 2.34. The number of carbonyl (C=O) groups is 1. The summed E-state index contributed by atoms with van der Waals surface area (Å²) in [6.07, 6.45) is 1.64. The number of hydrogen-bond donors (Lipinski definition) is 2.